The number of aromatic nitrogens is 1. The first-order valence-electron chi connectivity index (χ1n) is 7.26. The normalized spacial score (nSPS) is 11.0. The second-order valence-electron chi connectivity index (χ2n) is 5.39. The van der Waals surface area contributed by atoms with Crippen LogP contribution in [0, 0.1) is 6.92 Å². The molecule has 4 heteroatoms. The first kappa shape index (κ1) is 13.5. The van der Waals surface area contributed by atoms with E-state index in [1.165, 1.54) is 0 Å². The Bertz CT molecular complexity index is 1010. The Morgan fingerprint density at radius 1 is 0.957 bits per heavy atom. The van der Waals surface area contributed by atoms with Gasteiger partial charge in [-0.3, -0.25) is 4.79 Å². The Hall–Kier alpha value is -3.14. The minimum atomic E-state index is 0.304. The predicted octanol–water partition coefficient (Wildman–Crippen LogP) is 4.88. The largest absolute Gasteiger partial charge is 0.453 e. The maximum atomic E-state index is 10.7. The third-order valence-corrected chi connectivity index (χ3v) is 3.68. The van der Waals surface area contributed by atoms with Crippen LogP contribution in [0.25, 0.3) is 33.9 Å². The number of rotatable bonds is 3. The SMILES string of the molecule is Cc1cccc(-c2nc3ccc(-c4ccc(C=O)o4)cc3o2)c1. The van der Waals surface area contributed by atoms with Crippen LogP contribution in [-0.2, 0) is 0 Å². The van der Waals surface area contributed by atoms with Crippen LogP contribution in [-0.4, -0.2) is 11.3 Å². The monoisotopic (exact) mass is 303 g/mol. The zero-order valence-electron chi connectivity index (χ0n) is 12.4. The molecule has 0 saturated carbocycles. The molecular formula is C19H13NO3. The van der Waals surface area contributed by atoms with E-state index in [1.54, 1.807) is 12.1 Å². The standard InChI is InChI=1S/C19H13NO3/c1-12-3-2-4-14(9-12)19-20-16-7-5-13(10-18(16)23-19)17-8-6-15(11-21)22-17/h2-11H,1H3. The fourth-order valence-corrected chi connectivity index (χ4v) is 2.55. The summed E-state index contributed by atoms with van der Waals surface area (Å²) in [5, 5.41) is 0. The Balaban J connectivity index is 1.79. The number of nitrogens with zero attached hydrogens (tertiary/aromatic N) is 1. The highest BCUT2D eigenvalue weighted by molar-refractivity contribution is 5.82. The Morgan fingerprint density at radius 3 is 2.65 bits per heavy atom. The summed E-state index contributed by atoms with van der Waals surface area (Å²) in [6.45, 7) is 2.03. The number of furan rings is 1. The molecule has 0 atom stereocenters. The van der Waals surface area contributed by atoms with E-state index in [0.717, 1.165) is 22.2 Å². The second-order valence-corrected chi connectivity index (χ2v) is 5.39. The molecule has 4 nitrogen and oxygen atoms in total. The quantitative estimate of drug-likeness (QED) is 0.506. The summed E-state index contributed by atoms with van der Waals surface area (Å²) in [4.78, 5) is 15.3. The summed E-state index contributed by atoms with van der Waals surface area (Å²) in [6.07, 6.45) is 0.687. The van der Waals surface area contributed by atoms with Crippen molar-refractivity contribution in [3.05, 3.63) is 65.9 Å². The molecule has 2 aromatic heterocycles. The molecule has 0 aliphatic heterocycles. The molecule has 2 heterocycles. The zero-order valence-corrected chi connectivity index (χ0v) is 12.4. The molecule has 0 radical (unpaired) electrons. The summed E-state index contributed by atoms with van der Waals surface area (Å²) in [5.74, 6) is 1.52. The van der Waals surface area contributed by atoms with E-state index in [1.807, 2.05) is 49.4 Å². The van der Waals surface area contributed by atoms with Gasteiger partial charge in [0.15, 0.2) is 17.6 Å². The van der Waals surface area contributed by atoms with E-state index in [-0.39, 0.29) is 0 Å². The van der Waals surface area contributed by atoms with Gasteiger partial charge in [0, 0.05) is 11.1 Å². The molecule has 2 aromatic carbocycles. The highest BCUT2D eigenvalue weighted by atomic mass is 16.4. The van der Waals surface area contributed by atoms with Crippen LogP contribution in [0.1, 0.15) is 16.1 Å². The fourth-order valence-electron chi connectivity index (χ4n) is 2.55. The van der Waals surface area contributed by atoms with Crippen LogP contribution < -0.4 is 0 Å². The molecule has 0 spiro atoms. The van der Waals surface area contributed by atoms with Gasteiger partial charge in [-0.05, 0) is 49.4 Å². The van der Waals surface area contributed by atoms with E-state index in [4.69, 9.17) is 8.83 Å². The van der Waals surface area contributed by atoms with Gasteiger partial charge in [0.25, 0.3) is 0 Å². The van der Waals surface area contributed by atoms with Crippen molar-refractivity contribution in [3.63, 3.8) is 0 Å². The molecule has 0 amide bonds. The first-order chi connectivity index (χ1) is 11.2. The molecular weight excluding hydrogens is 290 g/mol. The molecule has 0 bridgehead atoms. The first-order valence-corrected chi connectivity index (χ1v) is 7.26. The Labute approximate surface area is 132 Å². The number of oxazole rings is 1. The fraction of sp³-hybridized carbons (Fsp3) is 0.0526. The highest BCUT2D eigenvalue weighted by Gasteiger charge is 2.11. The average Bonchev–Trinajstić information content (AvgIpc) is 3.20. The molecule has 0 unspecified atom stereocenters. The number of fused-ring (bicyclic) bond motifs is 1. The van der Waals surface area contributed by atoms with E-state index in [9.17, 15) is 4.79 Å². The van der Waals surface area contributed by atoms with Crippen molar-refractivity contribution in [2.45, 2.75) is 6.92 Å². The Morgan fingerprint density at radius 2 is 1.87 bits per heavy atom. The van der Waals surface area contributed by atoms with Gasteiger partial charge >= 0.3 is 0 Å². The number of hydrogen-bond acceptors (Lipinski definition) is 4. The smallest absolute Gasteiger partial charge is 0.227 e. The van der Waals surface area contributed by atoms with Gasteiger partial charge in [-0.2, -0.15) is 0 Å². The maximum absolute atomic E-state index is 10.7. The number of carbonyl (C=O) groups excluding carboxylic acids is 1. The second kappa shape index (κ2) is 5.25. The molecule has 0 saturated heterocycles. The van der Waals surface area contributed by atoms with Crippen molar-refractivity contribution in [3.8, 4) is 22.8 Å². The van der Waals surface area contributed by atoms with Crippen LogP contribution in [0.2, 0.25) is 0 Å². The molecule has 112 valence electrons. The van der Waals surface area contributed by atoms with Gasteiger partial charge in [0.05, 0.1) is 0 Å². The topological polar surface area (TPSA) is 56.2 Å². The number of carbonyl (C=O) groups is 1. The van der Waals surface area contributed by atoms with Gasteiger partial charge in [-0.25, -0.2) is 4.98 Å². The number of hydrogen-bond donors (Lipinski definition) is 0. The molecule has 0 N–H and O–H groups in total. The van der Waals surface area contributed by atoms with Crippen LogP contribution in [0.5, 0.6) is 0 Å². The molecule has 0 aliphatic carbocycles. The van der Waals surface area contributed by atoms with Crippen LogP contribution >= 0.6 is 0 Å². The van der Waals surface area contributed by atoms with Crippen molar-refractivity contribution >= 4 is 17.4 Å². The third-order valence-electron chi connectivity index (χ3n) is 3.68. The number of aldehydes is 1. The molecule has 4 rings (SSSR count). The zero-order chi connectivity index (χ0) is 15.8. The van der Waals surface area contributed by atoms with Crippen molar-refractivity contribution in [1.82, 2.24) is 4.98 Å². The highest BCUT2D eigenvalue weighted by Crippen LogP contribution is 2.29. The minimum absolute atomic E-state index is 0.304. The summed E-state index contributed by atoms with van der Waals surface area (Å²) >= 11 is 0. The average molecular weight is 303 g/mol. The van der Waals surface area contributed by atoms with Gasteiger partial charge in [-0.15, -0.1) is 0 Å². The lowest BCUT2D eigenvalue weighted by atomic mass is 10.1. The predicted molar refractivity (Wildman–Crippen MR) is 87.3 cm³/mol. The molecule has 4 aromatic rings. The van der Waals surface area contributed by atoms with Crippen LogP contribution in [0.15, 0.2) is 63.4 Å². The molecule has 0 fully saturated rings. The van der Waals surface area contributed by atoms with E-state index >= 15 is 0 Å². The summed E-state index contributed by atoms with van der Waals surface area (Å²) < 4.78 is 11.3. The van der Waals surface area contributed by atoms with E-state index < -0.39 is 0 Å². The van der Waals surface area contributed by atoms with E-state index in [2.05, 4.69) is 4.98 Å². The van der Waals surface area contributed by atoms with Crippen molar-refractivity contribution in [2.24, 2.45) is 0 Å². The van der Waals surface area contributed by atoms with Crippen LogP contribution in [0.4, 0.5) is 0 Å². The van der Waals surface area contributed by atoms with Crippen molar-refractivity contribution < 1.29 is 13.6 Å². The van der Waals surface area contributed by atoms with Crippen molar-refractivity contribution in [1.29, 1.82) is 0 Å². The summed E-state index contributed by atoms with van der Waals surface area (Å²) in [7, 11) is 0. The van der Waals surface area contributed by atoms with Gasteiger partial charge in [-0.1, -0.05) is 17.7 Å². The summed E-state index contributed by atoms with van der Waals surface area (Å²) in [5.41, 5.74) is 4.42. The lowest BCUT2D eigenvalue weighted by Gasteiger charge is -1.96. The number of aryl methyl sites for hydroxylation is 1. The third kappa shape index (κ3) is 2.44. The molecule has 0 aliphatic rings. The van der Waals surface area contributed by atoms with Crippen LogP contribution in [0.3, 0.4) is 0 Å². The Kier molecular flexibility index (Phi) is 3.08. The lowest BCUT2D eigenvalue weighted by molar-refractivity contribution is 0.110. The minimum Gasteiger partial charge on any atom is -0.453 e. The molecule has 23 heavy (non-hydrogen) atoms. The number of benzene rings is 2. The van der Waals surface area contributed by atoms with Gasteiger partial charge in [0.1, 0.15) is 11.3 Å². The van der Waals surface area contributed by atoms with Crippen molar-refractivity contribution in [2.75, 3.05) is 0 Å². The maximum Gasteiger partial charge on any atom is 0.227 e. The van der Waals surface area contributed by atoms with Gasteiger partial charge < -0.3 is 8.83 Å². The van der Waals surface area contributed by atoms with E-state index in [0.29, 0.717) is 29.3 Å². The van der Waals surface area contributed by atoms with Gasteiger partial charge in [0.2, 0.25) is 5.89 Å². The summed E-state index contributed by atoms with van der Waals surface area (Å²) in [6, 6.07) is 17.1. The lowest BCUT2D eigenvalue weighted by Crippen LogP contribution is -1.78.